The van der Waals surface area contributed by atoms with Crippen molar-refractivity contribution >= 4 is 5.97 Å². The van der Waals surface area contributed by atoms with E-state index in [-0.39, 0.29) is 12.1 Å². The van der Waals surface area contributed by atoms with Gasteiger partial charge in [0.15, 0.2) is 0 Å². The lowest BCUT2D eigenvalue weighted by atomic mass is 10.1. The quantitative estimate of drug-likeness (QED) is 0.358. The molecule has 0 aromatic rings. The first kappa shape index (κ1) is 11.9. The molecule has 0 aromatic heterocycles. The summed E-state index contributed by atoms with van der Waals surface area (Å²) in [6.07, 6.45) is 7.98. The third-order valence-corrected chi connectivity index (χ3v) is 1.68. The summed E-state index contributed by atoms with van der Waals surface area (Å²) in [4.78, 5) is 10.9. The van der Waals surface area contributed by atoms with E-state index in [2.05, 4.69) is 13.5 Å². The van der Waals surface area contributed by atoms with Gasteiger partial charge in [-0.15, -0.1) is 0 Å². The van der Waals surface area contributed by atoms with Crippen LogP contribution in [0.25, 0.3) is 0 Å². The van der Waals surface area contributed by atoms with Crippen molar-refractivity contribution in [3.63, 3.8) is 0 Å². The molecule has 2 nitrogen and oxygen atoms in total. The van der Waals surface area contributed by atoms with Gasteiger partial charge in [-0.2, -0.15) is 0 Å². The minimum absolute atomic E-state index is 0.0875. The predicted octanol–water partition coefficient (Wildman–Crippen LogP) is 2.85. The molecule has 74 valence electrons. The molecule has 0 aliphatic heterocycles. The fourth-order valence-electron chi connectivity index (χ4n) is 1.01. The second kappa shape index (κ2) is 7.59. The van der Waals surface area contributed by atoms with Crippen LogP contribution in [0.4, 0.5) is 0 Å². The molecule has 0 aliphatic carbocycles. The summed E-state index contributed by atoms with van der Waals surface area (Å²) in [5, 5.41) is 0. The number of carbonyl (C=O) groups is 1. The van der Waals surface area contributed by atoms with E-state index in [4.69, 9.17) is 4.74 Å². The van der Waals surface area contributed by atoms with Crippen molar-refractivity contribution in [3.05, 3.63) is 24.8 Å². The molecule has 0 fully saturated rings. The summed E-state index contributed by atoms with van der Waals surface area (Å²) in [5.41, 5.74) is 0. The SMILES string of the molecule is C=CC(=O)OC(/C=C/C)CCCC. The van der Waals surface area contributed by atoms with Crippen molar-refractivity contribution in [1.29, 1.82) is 0 Å². The summed E-state index contributed by atoms with van der Waals surface area (Å²) in [7, 11) is 0. The Labute approximate surface area is 80.3 Å². The number of unbranched alkanes of at least 4 members (excludes halogenated alkanes) is 1. The van der Waals surface area contributed by atoms with Crippen LogP contribution in [0.3, 0.4) is 0 Å². The third kappa shape index (κ3) is 6.14. The Kier molecular flexibility index (Phi) is 6.98. The maximum atomic E-state index is 10.9. The average molecular weight is 182 g/mol. The first-order valence-electron chi connectivity index (χ1n) is 4.70. The number of hydrogen-bond acceptors (Lipinski definition) is 2. The lowest BCUT2D eigenvalue weighted by Crippen LogP contribution is -2.13. The highest BCUT2D eigenvalue weighted by Crippen LogP contribution is 2.06. The van der Waals surface area contributed by atoms with E-state index < -0.39 is 0 Å². The molecular weight excluding hydrogens is 164 g/mol. The van der Waals surface area contributed by atoms with Gasteiger partial charge in [-0.25, -0.2) is 4.79 Å². The number of allylic oxidation sites excluding steroid dienone is 1. The summed E-state index contributed by atoms with van der Waals surface area (Å²) >= 11 is 0. The van der Waals surface area contributed by atoms with Crippen molar-refractivity contribution in [3.8, 4) is 0 Å². The molecule has 0 amide bonds. The van der Waals surface area contributed by atoms with E-state index in [1.54, 1.807) is 0 Å². The first-order valence-corrected chi connectivity index (χ1v) is 4.70. The van der Waals surface area contributed by atoms with Crippen LogP contribution in [0.5, 0.6) is 0 Å². The zero-order chi connectivity index (χ0) is 10.1. The van der Waals surface area contributed by atoms with E-state index >= 15 is 0 Å². The van der Waals surface area contributed by atoms with Crippen molar-refractivity contribution in [1.82, 2.24) is 0 Å². The van der Waals surface area contributed by atoms with E-state index in [0.717, 1.165) is 19.3 Å². The van der Waals surface area contributed by atoms with Gasteiger partial charge in [-0.1, -0.05) is 26.0 Å². The second-order valence-electron chi connectivity index (χ2n) is 2.85. The van der Waals surface area contributed by atoms with E-state index in [1.807, 2.05) is 19.1 Å². The van der Waals surface area contributed by atoms with Gasteiger partial charge in [0.05, 0.1) is 0 Å². The molecule has 0 rings (SSSR count). The molecule has 13 heavy (non-hydrogen) atoms. The van der Waals surface area contributed by atoms with Crippen LogP contribution in [-0.2, 0) is 9.53 Å². The Morgan fingerprint density at radius 3 is 2.77 bits per heavy atom. The maximum absolute atomic E-state index is 10.9. The highest BCUT2D eigenvalue weighted by Gasteiger charge is 2.07. The van der Waals surface area contributed by atoms with Crippen molar-refractivity contribution < 1.29 is 9.53 Å². The molecule has 1 atom stereocenters. The normalized spacial score (nSPS) is 12.8. The molecular formula is C11H18O2. The fourth-order valence-corrected chi connectivity index (χ4v) is 1.01. The van der Waals surface area contributed by atoms with Crippen LogP contribution in [-0.4, -0.2) is 12.1 Å². The minimum Gasteiger partial charge on any atom is -0.455 e. The zero-order valence-electron chi connectivity index (χ0n) is 8.45. The fraction of sp³-hybridized carbons (Fsp3) is 0.545. The molecule has 1 unspecified atom stereocenters. The van der Waals surface area contributed by atoms with Crippen LogP contribution in [0, 0.1) is 0 Å². The lowest BCUT2D eigenvalue weighted by molar-refractivity contribution is -0.141. The molecule has 0 saturated heterocycles. The van der Waals surface area contributed by atoms with Gasteiger partial charge in [-0.05, 0) is 25.8 Å². The first-order chi connectivity index (χ1) is 6.24. The van der Waals surface area contributed by atoms with Gasteiger partial charge in [0.1, 0.15) is 6.10 Å². The third-order valence-electron chi connectivity index (χ3n) is 1.68. The lowest BCUT2D eigenvalue weighted by Gasteiger charge is -2.11. The largest absolute Gasteiger partial charge is 0.455 e. The highest BCUT2D eigenvalue weighted by atomic mass is 16.5. The van der Waals surface area contributed by atoms with Gasteiger partial charge in [-0.3, -0.25) is 0 Å². The minimum atomic E-state index is -0.348. The predicted molar refractivity (Wildman–Crippen MR) is 54.4 cm³/mol. The molecule has 0 bridgehead atoms. The zero-order valence-corrected chi connectivity index (χ0v) is 8.45. The van der Waals surface area contributed by atoms with Gasteiger partial charge in [0, 0.05) is 6.08 Å². The highest BCUT2D eigenvalue weighted by molar-refractivity contribution is 5.81. The monoisotopic (exact) mass is 182 g/mol. The van der Waals surface area contributed by atoms with E-state index in [0.29, 0.717) is 0 Å². The number of rotatable bonds is 6. The van der Waals surface area contributed by atoms with Gasteiger partial charge < -0.3 is 4.74 Å². The van der Waals surface area contributed by atoms with Crippen molar-refractivity contribution in [2.75, 3.05) is 0 Å². The number of carbonyl (C=O) groups excluding carboxylic acids is 1. The topological polar surface area (TPSA) is 26.3 Å². The number of hydrogen-bond donors (Lipinski definition) is 0. The molecule has 0 spiro atoms. The summed E-state index contributed by atoms with van der Waals surface area (Å²) < 4.78 is 5.10. The second-order valence-corrected chi connectivity index (χ2v) is 2.85. The summed E-state index contributed by atoms with van der Waals surface area (Å²) in [5.74, 6) is -0.348. The molecule has 0 aromatic carbocycles. The Morgan fingerprint density at radius 1 is 1.62 bits per heavy atom. The standard InChI is InChI=1S/C11H18O2/c1-4-7-9-10(8-5-2)13-11(12)6-3/h5-6,8,10H,3-4,7,9H2,1-2H3/b8-5+. The molecule has 0 N–H and O–H groups in total. The van der Waals surface area contributed by atoms with Crippen LogP contribution in [0.15, 0.2) is 24.8 Å². The van der Waals surface area contributed by atoms with Crippen molar-refractivity contribution in [2.24, 2.45) is 0 Å². The van der Waals surface area contributed by atoms with Gasteiger partial charge in [0.25, 0.3) is 0 Å². The number of esters is 1. The van der Waals surface area contributed by atoms with Crippen LogP contribution >= 0.6 is 0 Å². The molecule has 0 saturated carbocycles. The van der Waals surface area contributed by atoms with Gasteiger partial charge >= 0.3 is 5.97 Å². The Balaban J connectivity index is 3.93. The molecule has 2 heteroatoms. The van der Waals surface area contributed by atoms with Crippen LogP contribution in [0.2, 0.25) is 0 Å². The molecule has 0 aliphatic rings. The van der Waals surface area contributed by atoms with Crippen LogP contribution in [0.1, 0.15) is 33.1 Å². The number of ether oxygens (including phenoxy) is 1. The smallest absolute Gasteiger partial charge is 0.330 e. The summed E-state index contributed by atoms with van der Waals surface area (Å²) in [6, 6.07) is 0. The Hall–Kier alpha value is -1.05. The molecule has 0 heterocycles. The maximum Gasteiger partial charge on any atom is 0.330 e. The Morgan fingerprint density at radius 2 is 2.31 bits per heavy atom. The van der Waals surface area contributed by atoms with Gasteiger partial charge in [0.2, 0.25) is 0 Å². The molecule has 0 radical (unpaired) electrons. The van der Waals surface area contributed by atoms with Crippen LogP contribution < -0.4 is 0 Å². The Bertz CT molecular complexity index is 183. The van der Waals surface area contributed by atoms with E-state index in [9.17, 15) is 4.79 Å². The average Bonchev–Trinajstić information content (AvgIpc) is 2.14. The summed E-state index contributed by atoms with van der Waals surface area (Å²) in [6.45, 7) is 7.39. The van der Waals surface area contributed by atoms with Crippen molar-refractivity contribution in [2.45, 2.75) is 39.2 Å². The van der Waals surface area contributed by atoms with E-state index in [1.165, 1.54) is 6.08 Å².